The molecule has 1 aromatic heterocycles. The molecule has 0 spiro atoms. The van der Waals surface area contributed by atoms with Crippen molar-refractivity contribution >= 4 is 32.7 Å². The Labute approximate surface area is 171 Å². The van der Waals surface area contributed by atoms with Gasteiger partial charge in [-0.2, -0.15) is 0 Å². The summed E-state index contributed by atoms with van der Waals surface area (Å²) >= 11 is 3.53. The predicted octanol–water partition coefficient (Wildman–Crippen LogP) is 5.34. The SMILES string of the molecule is NC(=O)c1ccc(F)c(C2CCC(Oc3ccnc4c(Br)cccc34)CC2)c1. The zero-order valence-corrected chi connectivity index (χ0v) is 16.8. The van der Waals surface area contributed by atoms with E-state index in [1.807, 2.05) is 24.3 Å². The maximum Gasteiger partial charge on any atom is 0.248 e. The molecular weight excluding hydrogens is 423 g/mol. The minimum absolute atomic E-state index is 0.0717. The van der Waals surface area contributed by atoms with Crippen molar-refractivity contribution in [1.82, 2.24) is 4.98 Å². The molecule has 0 unspecified atom stereocenters. The number of carbonyl (C=O) groups excluding carboxylic acids is 1. The second-order valence-electron chi connectivity index (χ2n) is 7.14. The van der Waals surface area contributed by atoms with Crippen LogP contribution < -0.4 is 10.5 Å². The summed E-state index contributed by atoms with van der Waals surface area (Å²) in [6.07, 6.45) is 5.07. The highest BCUT2D eigenvalue weighted by Crippen LogP contribution is 2.37. The smallest absolute Gasteiger partial charge is 0.248 e. The highest BCUT2D eigenvalue weighted by molar-refractivity contribution is 9.10. The van der Waals surface area contributed by atoms with Crippen LogP contribution in [0.5, 0.6) is 5.75 Å². The van der Waals surface area contributed by atoms with Crippen LogP contribution in [0.25, 0.3) is 10.9 Å². The Bertz CT molecular complexity index is 1030. The molecule has 6 heteroatoms. The van der Waals surface area contributed by atoms with Crippen molar-refractivity contribution in [2.75, 3.05) is 0 Å². The van der Waals surface area contributed by atoms with Crippen molar-refractivity contribution in [3.63, 3.8) is 0 Å². The zero-order chi connectivity index (χ0) is 19.7. The number of nitrogens with zero attached hydrogens (tertiary/aromatic N) is 1. The lowest BCUT2D eigenvalue weighted by molar-refractivity contribution is 0.1000. The van der Waals surface area contributed by atoms with Crippen LogP contribution in [0, 0.1) is 5.82 Å². The molecule has 1 heterocycles. The fraction of sp³-hybridized carbons (Fsp3) is 0.273. The molecule has 1 aliphatic rings. The Morgan fingerprint density at radius 3 is 2.68 bits per heavy atom. The van der Waals surface area contributed by atoms with Gasteiger partial charge in [-0.3, -0.25) is 9.78 Å². The first-order valence-electron chi connectivity index (χ1n) is 9.32. The van der Waals surface area contributed by atoms with Gasteiger partial charge in [-0.25, -0.2) is 4.39 Å². The monoisotopic (exact) mass is 442 g/mol. The van der Waals surface area contributed by atoms with Gasteiger partial charge in [0.2, 0.25) is 5.91 Å². The number of pyridine rings is 1. The number of amides is 1. The van der Waals surface area contributed by atoms with E-state index in [0.29, 0.717) is 11.1 Å². The van der Waals surface area contributed by atoms with Crippen molar-refractivity contribution in [2.45, 2.75) is 37.7 Å². The number of benzene rings is 2. The van der Waals surface area contributed by atoms with Crippen molar-refractivity contribution in [3.8, 4) is 5.75 Å². The van der Waals surface area contributed by atoms with Gasteiger partial charge in [0.1, 0.15) is 11.6 Å². The summed E-state index contributed by atoms with van der Waals surface area (Å²) in [5.41, 5.74) is 7.14. The van der Waals surface area contributed by atoms with Gasteiger partial charge in [-0.1, -0.05) is 6.07 Å². The summed E-state index contributed by atoms with van der Waals surface area (Å²) in [4.78, 5) is 15.8. The van der Waals surface area contributed by atoms with Crippen LogP contribution in [-0.4, -0.2) is 17.0 Å². The van der Waals surface area contributed by atoms with E-state index in [4.69, 9.17) is 10.5 Å². The van der Waals surface area contributed by atoms with Gasteiger partial charge in [0.25, 0.3) is 0 Å². The first kappa shape index (κ1) is 18.9. The number of hydrogen-bond donors (Lipinski definition) is 1. The van der Waals surface area contributed by atoms with Gasteiger partial charge >= 0.3 is 0 Å². The van der Waals surface area contributed by atoms with Gasteiger partial charge in [-0.05, 0) is 89.5 Å². The van der Waals surface area contributed by atoms with Gasteiger partial charge in [0, 0.05) is 21.6 Å². The molecule has 0 saturated heterocycles. The first-order chi connectivity index (χ1) is 13.5. The number of carbonyl (C=O) groups is 1. The lowest BCUT2D eigenvalue weighted by Crippen LogP contribution is -2.24. The van der Waals surface area contributed by atoms with Crippen LogP contribution in [0.2, 0.25) is 0 Å². The molecule has 4 nitrogen and oxygen atoms in total. The van der Waals surface area contributed by atoms with E-state index in [1.165, 1.54) is 12.1 Å². The largest absolute Gasteiger partial charge is 0.490 e. The third-order valence-electron chi connectivity index (χ3n) is 5.37. The topological polar surface area (TPSA) is 65.2 Å². The van der Waals surface area contributed by atoms with Crippen LogP contribution in [0.4, 0.5) is 4.39 Å². The first-order valence-corrected chi connectivity index (χ1v) is 10.1. The Morgan fingerprint density at radius 1 is 1.14 bits per heavy atom. The molecule has 1 fully saturated rings. The number of fused-ring (bicyclic) bond motifs is 1. The van der Waals surface area contributed by atoms with E-state index >= 15 is 0 Å². The molecule has 1 saturated carbocycles. The maximum atomic E-state index is 14.3. The molecule has 1 amide bonds. The Morgan fingerprint density at radius 2 is 1.93 bits per heavy atom. The number of halogens is 2. The van der Waals surface area contributed by atoms with E-state index in [2.05, 4.69) is 20.9 Å². The Balaban J connectivity index is 1.48. The van der Waals surface area contributed by atoms with Crippen molar-refractivity contribution in [1.29, 1.82) is 0 Å². The molecule has 144 valence electrons. The third kappa shape index (κ3) is 3.74. The minimum atomic E-state index is -0.533. The molecule has 0 aliphatic heterocycles. The Hall–Kier alpha value is -2.47. The number of rotatable bonds is 4. The number of ether oxygens (including phenoxy) is 1. The van der Waals surface area contributed by atoms with E-state index in [-0.39, 0.29) is 17.8 Å². The van der Waals surface area contributed by atoms with Crippen LogP contribution in [-0.2, 0) is 0 Å². The van der Waals surface area contributed by atoms with Crippen molar-refractivity contribution in [3.05, 3.63) is 70.1 Å². The van der Waals surface area contributed by atoms with E-state index in [9.17, 15) is 9.18 Å². The van der Waals surface area contributed by atoms with Crippen molar-refractivity contribution < 1.29 is 13.9 Å². The molecular formula is C22H20BrFN2O2. The molecule has 0 radical (unpaired) electrons. The summed E-state index contributed by atoms with van der Waals surface area (Å²) in [6.45, 7) is 0. The number of para-hydroxylation sites is 1. The van der Waals surface area contributed by atoms with E-state index < -0.39 is 5.91 Å². The summed E-state index contributed by atoms with van der Waals surface area (Å²) in [5.74, 6) is 0.0764. The fourth-order valence-electron chi connectivity index (χ4n) is 3.90. The standard InChI is InChI=1S/C22H20BrFN2O2/c23-18-3-1-2-16-20(10-11-26-21(16)18)28-15-7-4-13(5-8-15)17-12-14(22(25)27)6-9-19(17)24/h1-3,6,9-13,15H,4-5,7-8H2,(H2,25,27). The normalized spacial score (nSPS) is 19.5. The molecule has 2 aromatic carbocycles. The summed E-state index contributed by atoms with van der Waals surface area (Å²) in [7, 11) is 0. The lowest BCUT2D eigenvalue weighted by Gasteiger charge is -2.30. The third-order valence-corrected chi connectivity index (χ3v) is 6.01. The van der Waals surface area contributed by atoms with Gasteiger partial charge < -0.3 is 10.5 Å². The average Bonchev–Trinajstić information content (AvgIpc) is 2.70. The van der Waals surface area contributed by atoms with Crippen LogP contribution >= 0.6 is 15.9 Å². The molecule has 2 N–H and O–H groups in total. The highest BCUT2D eigenvalue weighted by Gasteiger charge is 2.26. The second kappa shape index (κ2) is 7.87. The Kier molecular flexibility index (Phi) is 5.31. The molecule has 3 aromatic rings. The lowest BCUT2D eigenvalue weighted by atomic mass is 9.82. The minimum Gasteiger partial charge on any atom is -0.490 e. The van der Waals surface area contributed by atoms with Crippen LogP contribution in [0.3, 0.4) is 0 Å². The van der Waals surface area contributed by atoms with Gasteiger partial charge in [-0.15, -0.1) is 0 Å². The average molecular weight is 443 g/mol. The zero-order valence-electron chi connectivity index (χ0n) is 15.2. The van der Waals surface area contributed by atoms with Crippen molar-refractivity contribution in [2.24, 2.45) is 5.73 Å². The number of primary amides is 1. The maximum absolute atomic E-state index is 14.3. The molecule has 28 heavy (non-hydrogen) atoms. The van der Waals surface area contributed by atoms with E-state index in [1.54, 1.807) is 12.3 Å². The number of aromatic nitrogens is 1. The molecule has 1 aliphatic carbocycles. The van der Waals surface area contributed by atoms with Gasteiger partial charge in [0.15, 0.2) is 0 Å². The molecule has 0 atom stereocenters. The summed E-state index contributed by atoms with van der Waals surface area (Å²) < 4.78 is 21.5. The molecule has 0 bridgehead atoms. The van der Waals surface area contributed by atoms with E-state index in [0.717, 1.165) is 46.8 Å². The van der Waals surface area contributed by atoms with Gasteiger partial charge in [0.05, 0.1) is 11.6 Å². The number of nitrogens with two attached hydrogens (primary N) is 1. The summed E-state index contributed by atoms with van der Waals surface area (Å²) in [5, 5.41) is 0.971. The van der Waals surface area contributed by atoms with Crippen LogP contribution in [0.1, 0.15) is 47.5 Å². The molecule has 4 rings (SSSR count). The van der Waals surface area contributed by atoms with Crippen LogP contribution in [0.15, 0.2) is 53.1 Å². The second-order valence-corrected chi connectivity index (χ2v) is 7.99. The fourth-order valence-corrected chi connectivity index (χ4v) is 4.37. The highest BCUT2D eigenvalue weighted by atomic mass is 79.9. The summed E-state index contributed by atoms with van der Waals surface area (Å²) in [6, 6.07) is 12.2. The predicted molar refractivity (Wildman–Crippen MR) is 110 cm³/mol. The number of hydrogen-bond acceptors (Lipinski definition) is 3. The quantitative estimate of drug-likeness (QED) is 0.592.